The Kier molecular flexibility index (Phi) is 3.44. The molecular formula is C13H17NOS. The van der Waals surface area contributed by atoms with Crippen molar-refractivity contribution in [1.29, 1.82) is 0 Å². The van der Waals surface area contributed by atoms with Crippen LogP contribution >= 0.6 is 11.3 Å². The van der Waals surface area contributed by atoms with Crippen molar-refractivity contribution in [3.8, 4) is 5.75 Å². The quantitative estimate of drug-likeness (QED) is 0.779. The second-order valence-corrected chi connectivity index (χ2v) is 4.89. The standard InChI is InChI=1S/C11H11NOS.C2H6/c1-7-12-11-9(13-8-5-6-8)3-2-4-10(11)14-7;1-2/h2-4,8H,5-6H2,1H3;1-2H3. The van der Waals surface area contributed by atoms with Gasteiger partial charge in [0.25, 0.3) is 0 Å². The summed E-state index contributed by atoms with van der Waals surface area (Å²) in [5, 5.41) is 1.10. The van der Waals surface area contributed by atoms with E-state index in [4.69, 9.17) is 4.74 Å². The van der Waals surface area contributed by atoms with Gasteiger partial charge in [-0.15, -0.1) is 11.3 Å². The summed E-state index contributed by atoms with van der Waals surface area (Å²) in [6.07, 6.45) is 2.83. The average molecular weight is 235 g/mol. The molecule has 1 fully saturated rings. The zero-order valence-electron chi connectivity index (χ0n) is 9.99. The fourth-order valence-electron chi connectivity index (χ4n) is 1.49. The van der Waals surface area contributed by atoms with Crippen LogP contribution in [0.3, 0.4) is 0 Å². The Hall–Kier alpha value is -1.09. The molecule has 0 radical (unpaired) electrons. The summed E-state index contributed by atoms with van der Waals surface area (Å²) in [4.78, 5) is 4.49. The van der Waals surface area contributed by atoms with Gasteiger partial charge in [-0.25, -0.2) is 4.98 Å². The summed E-state index contributed by atoms with van der Waals surface area (Å²) >= 11 is 1.72. The first-order valence-corrected chi connectivity index (χ1v) is 6.67. The van der Waals surface area contributed by atoms with Crippen LogP contribution in [0.15, 0.2) is 18.2 Å². The number of rotatable bonds is 2. The van der Waals surface area contributed by atoms with E-state index < -0.39 is 0 Å². The van der Waals surface area contributed by atoms with Crippen molar-refractivity contribution < 1.29 is 4.74 Å². The van der Waals surface area contributed by atoms with Gasteiger partial charge in [-0.3, -0.25) is 0 Å². The third-order valence-electron chi connectivity index (χ3n) is 2.31. The molecule has 0 spiro atoms. The van der Waals surface area contributed by atoms with Crippen molar-refractivity contribution in [2.24, 2.45) is 0 Å². The van der Waals surface area contributed by atoms with E-state index in [1.54, 1.807) is 11.3 Å². The minimum Gasteiger partial charge on any atom is -0.488 e. The zero-order chi connectivity index (χ0) is 11.5. The van der Waals surface area contributed by atoms with Gasteiger partial charge in [0, 0.05) is 0 Å². The molecule has 3 rings (SSSR count). The number of aryl methyl sites for hydroxylation is 1. The number of hydrogen-bond donors (Lipinski definition) is 0. The lowest BCUT2D eigenvalue weighted by atomic mass is 10.3. The van der Waals surface area contributed by atoms with Crippen LogP contribution in [0, 0.1) is 6.92 Å². The Labute approximate surface area is 100 Å². The van der Waals surface area contributed by atoms with Crippen molar-refractivity contribution in [3.05, 3.63) is 23.2 Å². The molecule has 16 heavy (non-hydrogen) atoms. The van der Waals surface area contributed by atoms with Gasteiger partial charge in [0.15, 0.2) is 0 Å². The number of ether oxygens (including phenoxy) is 1. The van der Waals surface area contributed by atoms with E-state index in [2.05, 4.69) is 11.1 Å². The molecule has 1 aromatic heterocycles. The summed E-state index contributed by atoms with van der Waals surface area (Å²) < 4.78 is 7.02. The Morgan fingerprint density at radius 2 is 2.06 bits per heavy atom. The number of nitrogens with zero attached hydrogens (tertiary/aromatic N) is 1. The molecule has 1 saturated carbocycles. The molecule has 1 aromatic carbocycles. The van der Waals surface area contributed by atoms with Gasteiger partial charge in [-0.2, -0.15) is 0 Å². The van der Waals surface area contributed by atoms with E-state index >= 15 is 0 Å². The van der Waals surface area contributed by atoms with E-state index in [0.29, 0.717) is 6.10 Å². The first kappa shape index (κ1) is 11.4. The molecule has 0 saturated heterocycles. The van der Waals surface area contributed by atoms with Gasteiger partial charge in [-0.05, 0) is 31.9 Å². The molecular weight excluding hydrogens is 218 g/mol. The maximum absolute atomic E-state index is 5.80. The van der Waals surface area contributed by atoms with Crippen LogP contribution in [0.4, 0.5) is 0 Å². The molecule has 0 atom stereocenters. The number of aromatic nitrogens is 1. The summed E-state index contributed by atoms with van der Waals surface area (Å²) in [5.74, 6) is 0.953. The van der Waals surface area contributed by atoms with Crippen LogP contribution in [-0.4, -0.2) is 11.1 Å². The highest BCUT2D eigenvalue weighted by Gasteiger charge is 2.24. The van der Waals surface area contributed by atoms with E-state index in [1.165, 1.54) is 17.5 Å². The third kappa shape index (κ3) is 2.35. The summed E-state index contributed by atoms with van der Waals surface area (Å²) in [5.41, 5.74) is 1.03. The highest BCUT2D eigenvalue weighted by molar-refractivity contribution is 7.18. The number of para-hydroxylation sites is 1. The Morgan fingerprint density at radius 3 is 2.75 bits per heavy atom. The summed E-state index contributed by atoms with van der Waals surface area (Å²) in [7, 11) is 0. The molecule has 1 heterocycles. The lowest BCUT2D eigenvalue weighted by molar-refractivity contribution is 0.306. The predicted molar refractivity (Wildman–Crippen MR) is 69.4 cm³/mol. The topological polar surface area (TPSA) is 22.1 Å². The van der Waals surface area contributed by atoms with Crippen molar-refractivity contribution in [1.82, 2.24) is 4.98 Å². The summed E-state index contributed by atoms with van der Waals surface area (Å²) in [6, 6.07) is 6.15. The highest BCUT2D eigenvalue weighted by atomic mass is 32.1. The highest BCUT2D eigenvalue weighted by Crippen LogP contribution is 2.33. The minimum atomic E-state index is 0.447. The molecule has 3 heteroatoms. The van der Waals surface area contributed by atoms with Crippen molar-refractivity contribution in [3.63, 3.8) is 0 Å². The average Bonchev–Trinajstić information content (AvgIpc) is 3.02. The number of fused-ring (bicyclic) bond motifs is 1. The second kappa shape index (κ2) is 4.83. The number of hydrogen-bond acceptors (Lipinski definition) is 3. The molecule has 0 N–H and O–H groups in total. The number of thiazole rings is 1. The van der Waals surface area contributed by atoms with Gasteiger partial charge >= 0.3 is 0 Å². The van der Waals surface area contributed by atoms with E-state index in [0.717, 1.165) is 16.3 Å². The van der Waals surface area contributed by atoms with E-state index in [9.17, 15) is 0 Å². The molecule has 0 unspecified atom stereocenters. The normalized spacial score (nSPS) is 14.4. The molecule has 0 amide bonds. The molecule has 86 valence electrons. The van der Waals surface area contributed by atoms with Crippen LogP contribution in [-0.2, 0) is 0 Å². The second-order valence-electron chi connectivity index (χ2n) is 3.65. The lowest BCUT2D eigenvalue weighted by Crippen LogP contribution is -1.96. The maximum atomic E-state index is 5.80. The fourth-order valence-corrected chi connectivity index (χ4v) is 2.34. The lowest BCUT2D eigenvalue weighted by Gasteiger charge is -2.03. The fraction of sp³-hybridized carbons (Fsp3) is 0.462. The van der Waals surface area contributed by atoms with E-state index in [-0.39, 0.29) is 0 Å². The van der Waals surface area contributed by atoms with Gasteiger partial charge in [0.2, 0.25) is 0 Å². The van der Waals surface area contributed by atoms with Gasteiger partial charge in [0.1, 0.15) is 11.3 Å². The Morgan fingerprint density at radius 1 is 1.31 bits per heavy atom. The zero-order valence-corrected chi connectivity index (χ0v) is 10.8. The van der Waals surface area contributed by atoms with Crippen molar-refractivity contribution in [2.45, 2.75) is 39.7 Å². The minimum absolute atomic E-state index is 0.447. The smallest absolute Gasteiger partial charge is 0.146 e. The summed E-state index contributed by atoms with van der Waals surface area (Å²) in [6.45, 7) is 6.03. The van der Waals surface area contributed by atoms with Crippen LogP contribution < -0.4 is 4.74 Å². The third-order valence-corrected chi connectivity index (χ3v) is 3.24. The van der Waals surface area contributed by atoms with Gasteiger partial charge in [0.05, 0.1) is 15.8 Å². The number of benzene rings is 1. The van der Waals surface area contributed by atoms with Crippen molar-refractivity contribution >= 4 is 21.6 Å². The predicted octanol–water partition coefficient (Wildman–Crippen LogP) is 4.17. The van der Waals surface area contributed by atoms with Crippen LogP contribution in [0.1, 0.15) is 31.7 Å². The first-order chi connectivity index (χ1) is 7.83. The molecule has 0 bridgehead atoms. The molecule has 2 nitrogen and oxygen atoms in total. The Bertz CT molecular complexity index is 474. The maximum Gasteiger partial charge on any atom is 0.146 e. The van der Waals surface area contributed by atoms with Gasteiger partial charge in [-0.1, -0.05) is 19.9 Å². The van der Waals surface area contributed by atoms with Crippen LogP contribution in [0.2, 0.25) is 0 Å². The van der Waals surface area contributed by atoms with Crippen molar-refractivity contribution in [2.75, 3.05) is 0 Å². The van der Waals surface area contributed by atoms with E-state index in [1.807, 2.05) is 32.9 Å². The largest absolute Gasteiger partial charge is 0.488 e. The SMILES string of the molecule is CC.Cc1nc2c(OC3CC3)cccc2s1. The molecule has 1 aliphatic carbocycles. The molecule has 1 aliphatic rings. The van der Waals surface area contributed by atoms with Gasteiger partial charge < -0.3 is 4.74 Å². The molecule has 0 aliphatic heterocycles. The van der Waals surface area contributed by atoms with Crippen LogP contribution in [0.25, 0.3) is 10.2 Å². The van der Waals surface area contributed by atoms with Crippen LogP contribution in [0.5, 0.6) is 5.75 Å². The Balaban J connectivity index is 0.000000457. The first-order valence-electron chi connectivity index (χ1n) is 5.86. The monoisotopic (exact) mass is 235 g/mol. The molecule has 2 aromatic rings.